The number of rotatable bonds is 8. The summed E-state index contributed by atoms with van der Waals surface area (Å²) in [6.07, 6.45) is -1.34. The van der Waals surface area contributed by atoms with E-state index >= 15 is 0 Å². The van der Waals surface area contributed by atoms with Crippen LogP contribution in [0.1, 0.15) is 25.2 Å². The van der Waals surface area contributed by atoms with E-state index in [1.165, 1.54) is 12.3 Å². The van der Waals surface area contributed by atoms with E-state index in [1.807, 2.05) is 30.3 Å². The summed E-state index contributed by atoms with van der Waals surface area (Å²) in [4.78, 5) is 21.5. The van der Waals surface area contributed by atoms with Gasteiger partial charge in [-0.15, -0.1) is 0 Å². The molecule has 11 heteroatoms. The predicted molar refractivity (Wildman–Crippen MR) is 122 cm³/mol. The van der Waals surface area contributed by atoms with Gasteiger partial charge < -0.3 is 19.5 Å². The molecule has 0 bridgehead atoms. The third kappa shape index (κ3) is 7.32. The van der Waals surface area contributed by atoms with E-state index < -0.39 is 24.8 Å². The van der Waals surface area contributed by atoms with Crippen molar-refractivity contribution in [3.05, 3.63) is 82.7 Å². The lowest BCUT2D eigenvalue weighted by atomic mass is 10.2. The molecule has 0 atom stereocenters. The first-order valence-corrected chi connectivity index (χ1v) is 10.5. The minimum atomic E-state index is -4.46. The molecule has 0 radical (unpaired) electrons. The van der Waals surface area contributed by atoms with Crippen LogP contribution in [0.2, 0.25) is 0 Å². The van der Waals surface area contributed by atoms with Crippen LogP contribution in [-0.2, 0) is 17.9 Å². The van der Waals surface area contributed by atoms with Crippen LogP contribution in [0.3, 0.4) is 0 Å². The monoisotopic (exact) mass is 474 g/mol. The van der Waals surface area contributed by atoms with E-state index in [1.54, 1.807) is 36.7 Å². The lowest BCUT2D eigenvalue weighted by Crippen LogP contribution is -2.43. The highest BCUT2D eigenvalue weighted by molar-refractivity contribution is 5.70. The van der Waals surface area contributed by atoms with Crippen molar-refractivity contribution in [1.82, 2.24) is 19.4 Å². The van der Waals surface area contributed by atoms with Gasteiger partial charge in [-0.1, -0.05) is 30.3 Å². The van der Waals surface area contributed by atoms with Gasteiger partial charge in [-0.3, -0.25) is 10.2 Å². The summed E-state index contributed by atoms with van der Waals surface area (Å²) in [5.74, 6) is 0.541. The molecule has 2 N–H and O–H groups in total. The fraction of sp³-hybridized carbons (Fsp3) is 0.304. The molecule has 0 spiro atoms. The highest BCUT2D eigenvalue weighted by Crippen LogP contribution is 2.19. The average Bonchev–Trinajstić information content (AvgIpc) is 2.78. The maximum absolute atomic E-state index is 12.8. The molecule has 0 saturated carbocycles. The number of nitrogens with zero attached hydrogens (tertiary/aromatic N) is 4. The van der Waals surface area contributed by atoms with E-state index in [4.69, 9.17) is 10.1 Å². The summed E-state index contributed by atoms with van der Waals surface area (Å²) in [5.41, 5.74) is 1.32. The van der Waals surface area contributed by atoms with Crippen LogP contribution in [0.15, 0.2) is 65.7 Å². The van der Waals surface area contributed by atoms with Crippen LogP contribution in [0, 0.1) is 5.41 Å². The molecule has 34 heavy (non-hydrogen) atoms. The SMILES string of the molecule is CC(C)N(CC(F)(F)F)C(=N)OCc1nccc(Nc2ccn(Cc3ccccc3)c(=O)c2)n1. The van der Waals surface area contributed by atoms with Crippen molar-refractivity contribution >= 4 is 17.5 Å². The molecule has 0 aliphatic carbocycles. The van der Waals surface area contributed by atoms with Crippen LogP contribution in [0.25, 0.3) is 0 Å². The molecule has 0 amide bonds. The minimum Gasteiger partial charge on any atom is -0.457 e. The zero-order valence-corrected chi connectivity index (χ0v) is 18.7. The summed E-state index contributed by atoms with van der Waals surface area (Å²) < 4.78 is 45.1. The summed E-state index contributed by atoms with van der Waals surface area (Å²) in [6.45, 7) is 1.95. The van der Waals surface area contributed by atoms with E-state index in [-0.39, 0.29) is 18.0 Å². The molecule has 2 heterocycles. The van der Waals surface area contributed by atoms with Crippen molar-refractivity contribution < 1.29 is 17.9 Å². The second-order valence-corrected chi connectivity index (χ2v) is 7.78. The van der Waals surface area contributed by atoms with Crippen molar-refractivity contribution in [1.29, 1.82) is 5.41 Å². The third-order valence-electron chi connectivity index (χ3n) is 4.74. The molecule has 0 aliphatic rings. The lowest BCUT2D eigenvalue weighted by Gasteiger charge is -2.28. The van der Waals surface area contributed by atoms with Gasteiger partial charge in [0.05, 0.1) is 6.54 Å². The van der Waals surface area contributed by atoms with Gasteiger partial charge in [-0.2, -0.15) is 13.2 Å². The van der Waals surface area contributed by atoms with Crippen molar-refractivity contribution in [2.45, 2.75) is 39.2 Å². The van der Waals surface area contributed by atoms with Gasteiger partial charge in [-0.25, -0.2) is 9.97 Å². The highest BCUT2D eigenvalue weighted by atomic mass is 19.4. The Kier molecular flexibility index (Phi) is 7.87. The molecule has 0 unspecified atom stereocenters. The van der Waals surface area contributed by atoms with Gasteiger partial charge in [0, 0.05) is 30.2 Å². The molecule has 0 fully saturated rings. The summed E-state index contributed by atoms with van der Waals surface area (Å²) in [7, 11) is 0. The standard InChI is InChI=1S/C23H25F3N6O2/c1-16(2)32(15-23(24,25)26)22(27)34-14-20-28-10-8-19(30-20)29-18-9-11-31(21(33)12-18)13-17-6-4-3-5-7-17/h3-12,16,27H,13-15H2,1-2H3,(H,28,29,30). The van der Waals surface area contributed by atoms with E-state index in [9.17, 15) is 18.0 Å². The van der Waals surface area contributed by atoms with Crippen LogP contribution in [0.5, 0.6) is 0 Å². The van der Waals surface area contributed by atoms with Gasteiger partial charge in [0.25, 0.3) is 11.6 Å². The second-order valence-electron chi connectivity index (χ2n) is 7.78. The Morgan fingerprint density at radius 3 is 2.59 bits per heavy atom. The Morgan fingerprint density at radius 1 is 1.21 bits per heavy atom. The number of pyridine rings is 1. The number of benzene rings is 1. The number of hydrogen-bond acceptors (Lipinski definition) is 6. The van der Waals surface area contributed by atoms with E-state index in [0.29, 0.717) is 18.1 Å². The van der Waals surface area contributed by atoms with Crippen molar-refractivity contribution in [3.63, 3.8) is 0 Å². The normalized spacial score (nSPS) is 11.4. The Labute approximate surface area is 194 Å². The summed E-state index contributed by atoms with van der Waals surface area (Å²) in [6, 6.07) is 13.2. The Morgan fingerprint density at radius 2 is 1.94 bits per heavy atom. The molecular formula is C23H25F3N6O2. The molecule has 0 aliphatic heterocycles. The number of amidine groups is 1. The first-order chi connectivity index (χ1) is 16.1. The number of anilines is 2. The molecule has 3 aromatic rings. The Balaban J connectivity index is 1.62. The second kappa shape index (κ2) is 10.8. The number of ether oxygens (including phenoxy) is 1. The van der Waals surface area contributed by atoms with Crippen LogP contribution < -0.4 is 10.9 Å². The van der Waals surface area contributed by atoms with Crippen molar-refractivity contribution in [2.24, 2.45) is 0 Å². The maximum atomic E-state index is 12.8. The van der Waals surface area contributed by atoms with Gasteiger partial charge >= 0.3 is 6.18 Å². The molecule has 8 nitrogen and oxygen atoms in total. The zero-order valence-electron chi connectivity index (χ0n) is 18.7. The van der Waals surface area contributed by atoms with Crippen LogP contribution >= 0.6 is 0 Å². The van der Waals surface area contributed by atoms with Gasteiger partial charge in [0.2, 0.25) is 0 Å². The average molecular weight is 474 g/mol. The quantitative estimate of drug-likeness (QED) is 0.376. The van der Waals surface area contributed by atoms with Gasteiger partial charge in [0.1, 0.15) is 12.4 Å². The minimum absolute atomic E-state index is 0.169. The molecule has 3 rings (SSSR count). The third-order valence-corrected chi connectivity index (χ3v) is 4.74. The maximum Gasteiger partial charge on any atom is 0.406 e. The first kappa shape index (κ1) is 24.7. The number of halogens is 3. The van der Waals surface area contributed by atoms with E-state index in [0.717, 1.165) is 10.5 Å². The van der Waals surface area contributed by atoms with Crippen molar-refractivity contribution in [3.8, 4) is 0 Å². The molecule has 1 aromatic carbocycles. The number of nitrogens with one attached hydrogen (secondary N) is 2. The van der Waals surface area contributed by atoms with E-state index in [2.05, 4.69) is 15.3 Å². The molecule has 0 saturated heterocycles. The van der Waals surface area contributed by atoms with Gasteiger partial charge in [0.15, 0.2) is 12.4 Å². The molecule has 2 aromatic heterocycles. The number of alkyl halides is 3. The first-order valence-electron chi connectivity index (χ1n) is 10.5. The van der Waals surface area contributed by atoms with Gasteiger partial charge in [-0.05, 0) is 31.5 Å². The summed E-state index contributed by atoms with van der Waals surface area (Å²) in [5, 5.41) is 10.9. The largest absolute Gasteiger partial charge is 0.457 e. The molecule has 180 valence electrons. The van der Waals surface area contributed by atoms with Crippen molar-refractivity contribution in [2.75, 3.05) is 11.9 Å². The number of hydrogen-bond donors (Lipinski definition) is 2. The summed E-state index contributed by atoms with van der Waals surface area (Å²) >= 11 is 0. The molecular weight excluding hydrogens is 449 g/mol. The Bertz CT molecular complexity index is 1170. The Hall–Kier alpha value is -3.89. The van der Waals surface area contributed by atoms with Crippen LogP contribution in [0.4, 0.5) is 24.7 Å². The fourth-order valence-electron chi connectivity index (χ4n) is 3.08. The van der Waals surface area contributed by atoms with Crippen LogP contribution in [-0.4, -0.2) is 44.2 Å². The lowest BCUT2D eigenvalue weighted by molar-refractivity contribution is -0.142. The zero-order chi connectivity index (χ0) is 24.7. The predicted octanol–water partition coefficient (Wildman–Crippen LogP) is 4.15. The smallest absolute Gasteiger partial charge is 0.406 e. The topological polar surface area (TPSA) is 96.1 Å². The fourth-order valence-corrected chi connectivity index (χ4v) is 3.08. The highest BCUT2D eigenvalue weighted by Gasteiger charge is 2.33. The number of aromatic nitrogens is 3.